The number of carbonyl (C=O) groups excluding carboxylic acids is 3. The molecule has 0 aromatic heterocycles. The number of nitro groups is 1. The number of hydrogen-bond acceptors (Lipinski definition) is 7. The van der Waals surface area contributed by atoms with Gasteiger partial charge in [0.1, 0.15) is 11.3 Å². The molecule has 1 spiro atoms. The molecule has 4 aliphatic rings. The third-order valence-electron chi connectivity index (χ3n) is 8.06. The molecule has 35 heavy (non-hydrogen) atoms. The Morgan fingerprint density at radius 3 is 2.63 bits per heavy atom. The molecule has 0 unspecified atom stereocenters. The molecule has 4 aliphatic heterocycles. The minimum Gasteiger partial charge on any atom is -0.494 e. The number of fused-ring (bicyclic) bond motifs is 7. The molecule has 10 nitrogen and oxygen atoms in total. The molecule has 10 heteroatoms. The Morgan fingerprint density at radius 2 is 1.91 bits per heavy atom. The van der Waals surface area contributed by atoms with Crippen molar-refractivity contribution < 1.29 is 24.0 Å². The minimum atomic E-state index is -1.27. The summed E-state index contributed by atoms with van der Waals surface area (Å²) in [6.45, 7) is 4.50. The van der Waals surface area contributed by atoms with E-state index in [2.05, 4.69) is 10.2 Å². The summed E-state index contributed by atoms with van der Waals surface area (Å²) < 4.78 is 5.34. The number of imide groups is 1. The van der Waals surface area contributed by atoms with E-state index in [0.29, 0.717) is 18.7 Å². The van der Waals surface area contributed by atoms with Gasteiger partial charge in [-0.15, -0.1) is 0 Å². The number of aryl methyl sites for hydroxylation is 2. The Balaban J connectivity index is 1.55. The summed E-state index contributed by atoms with van der Waals surface area (Å²) in [5.41, 5.74) is 2.02. The molecule has 3 fully saturated rings. The van der Waals surface area contributed by atoms with Gasteiger partial charge in [0.15, 0.2) is 0 Å². The molecule has 3 amide bonds. The molecule has 0 aliphatic carbocycles. The van der Waals surface area contributed by atoms with E-state index in [0.717, 1.165) is 28.0 Å². The van der Waals surface area contributed by atoms with Gasteiger partial charge in [-0.25, -0.2) is 4.90 Å². The highest BCUT2D eigenvalue weighted by atomic mass is 16.6. The van der Waals surface area contributed by atoms with Crippen LogP contribution in [0.15, 0.2) is 30.3 Å². The van der Waals surface area contributed by atoms with Crippen LogP contribution >= 0.6 is 0 Å². The molecule has 0 saturated carbocycles. The SMILES string of the molecule is COc1cc([N+](=O)[O-])ccc1N1C(=O)[C@@H]2[C@H]3CCCN3[C@]3(C(=O)Nc4c(C)cc(C)cc43)[C@H]2C1=O. The maximum atomic E-state index is 14.1. The van der Waals surface area contributed by atoms with Crippen molar-refractivity contribution in [1.82, 2.24) is 4.90 Å². The lowest BCUT2D eigenvalue weighted by Gasteiger charge is -2.37. The molecule has 2 aromatic carbocycles. The van der Waals surface area contributed by atoms with Crippen molar-refractivity contribution in [1.29, 1.82) is 0 Å². The van der Waals surface area contributed by atoms with Gasteiger partial charge < -0.3 is 10.1 Å². The normalized spacial score (nSPS) is 28.9. The van der Waals surface area contributed by atoms with Gasteiger partial charge in [-0.05, 0) is 44.9 Å². The topological polar surface area (TPSA) is 122 Å². The fourth-order valence-corrected chi connectivity index (χ4v) is 6.86. The Bertz CT molecular complexity index is 1360. The highest BCUT2D eigenvalue weighted by molar-refractivity contribution is 6.26. The number of hydrogen-bond donors (Lipinski definition) is 1. The third-order valence-corrected chi connectivity index (χ3v) is 8.06. The number of carbonyl (C=O) groups is 3. The second-order valence-corrected chi connectivity index (χ2v) is 9.76. The molecule has 4 atom stereocenters. The summed E-state index contributed by atoms with van der Waals surface area (Å²) in [7, 11) is 1.33. The highest BCUT2D eigenvalue weighted by Gasteiger charge is 2.74. The summed E-state index contributed by atoms with van der Waals surface area (Å²) in [6.07, 6.45) is 1.53. The predicted molar refractivity (Wildman–Crippen MR) is 125 cm³/mol. The average molecular weight is 476 g/mol. The Hall–Kier alpha value is -3.79. The standard InChI is InChI=1S/C25H24N4O6/c1-12-9-13(2)21-15(10-12)25(24(32)26-21)20-19(17-5-4-8-27(17)25)22(30)28(23(20)31)16-7-6-14(29(33)34)11-18(16)35-3/h6-7,9-11,17,19-20H,4-5,8H2,1-3H3,(H,26,32)/t17-,19-,20-,25+/m1/s1. The van der Waals surface area contributed by atoms with Gasteiger partial charge in [0.25, 0.3) is 5.69 Å². The van der Waals surface area contributed by atoms with E-state index in [1.54, 1.807) is 0 Å². The average Bonchev–Trinajstić information content (AvgIpc) is 3.52. The number of rotatable bonds is 3. The van der Waals surface area contributed by atoms with Crippen molar-refractivity contribution in [3.8, 4) is 5.75 Å². The monoisotopic (exact) mass is 476 g/mol. The Kier molecular flexibility index (Phi) is 4.41. The molecule has 6 rings (SSSR count). The molecule has 2 aromatic rings. The van der Waals surface area contributed by atoms with E-state index < -0.39 is 34.1 Å². The van der Waals surface area contributed by atoms with Gasteiger partial charge in [0.2, 0.25) is 17.7 Å². The number of nitrogens with one attached hydrogen (secondary N) is 1. The van der Waals surface area contributed by atoms with Crippen LogP contribution in [-0.2, 0) is 19.9 Å². The largest absolute Gasteiger partial charge is 0.494 e. The predicted octanol–water partition coefficient (Wildman–Crippen LogP) is 2.65. The third kappa shape index (κ3) is 2.54. The zero-order chi connectivity index (χ0) is 24.8. The first kappa shape index (κ1) is 21.7. The van der Waals surface area contributed by atoms with Gasteiger partial charge in [-0.2, -0.15) is 0 Å². The number of non-ortho nitro benzene ring substituents is 1. The summed E-state index contributed by atoms with van der Waals surface area (Å²) in [4.78, 5) is 55.6. The van der Waals surface area contributed by atoms with Crippen LogP contribution in [0.4, 0.5) is 17.1 Å². The van der Waals surface area contributed by atoms with E-state index in [-0.39, 0.29) is 29.1 Å². The van der Waals surface area contributed by atoms with Crippen LogP contribution in [0.2, 0.25) is 0 Å². The molecule has 3 saturated heterocycles. The van der Waals surface area contributed by atoms with E-state index in [9.17, 15) is 24.5 Å². The number of amides is 3. The van der Waals surface area contributed by atoms with Crippen LogP contribution < -0.4 is 15.0 Å². The number of anilines is 2. The van der Waals surface area contributed by atoms with Crippen molar-refractivity contribution in [2.24, 2.45) is 11.8 Å². The quantitative estimate of drug-likeness (QED) is 0.411. The molecular formula is C25H24N4O6. The lowest BCUT2D eigenvalue weighted by molar-refractivity contribution is -0.384. The number of methoxy groups -OCH3 is 1. The van der Waals surface area contributed by atoms with Crippen molar-refractivity contribution in [3.05, 3.63) is 57.1 Å². The molecule has 180 valence electrons. The van der Waals surface area contributed by atoms with E-state index in [1.165, 1.54) is 25.3 Å². The Labute approximate surface area is 201 Å². The van der Waals surface area contributed by atoms with Crippen LogP contribution in [0.5, 0.6) is 5.75 Å². The van der Waals surface area contributed by atoms with Gasteiger partial charge in [0, 0.05) is 23.4 Å². The van der Waals surface area contributed by atoms with Crippen LogP contribution in [0.25, 0.3) is 0 Å². The minimum absolute atomic E-state index is 0.0566. The van der Waals surface area contributed by atoms with Crippen molar-refractivity contribution >= 4 is 34.8 Å². The number of benzene rings is 2. The second-order valence-electron chi connectivity index (χ2n) is 9.76. The maximum Gasteiger partial charge on any atom is 0.273 e. The first-order valence-electron chi connectivity index (χ1n) is 11.6. The first-order valence-corrected chi connectivity index (χ1v) is 11.6. The lowest BCUT2D eigenvalue weighted by Crippen LogP contribution is -2.54. The first-order chi connectivity index (χ1) is 16.7. The van der Waals surface area contributed by atoms with Crippen LogP contribution in [0.3, 0.4) is 0 Å². The van der Waals surface area contributed by atoms with Gasteiger partial charge in [-0.1, -0.05) is 17.7 Å². The van der Waals surface area contributed by atoms with Crippen LogP contribution in [0.1, 0.15) is 29.5 Å². The number of nitro benzene ring substituents is 1. The molecule has 0 bridgehead atoms. The fourth-order valence-electron chi connectivity index (χ4n) is 6.86. The van der Waals surface area contributed by atoms with Crippen molar-refractivity contribution in [3.63, 3.8) is 0 Å². The zero-order valence-electron chi connectivity index (χ0n) is 19.5. The lowest BCUT2D eigenvalue weighted by atomic mass is 9.75. The van der Waals surface area contributed by atoms with Gasteiger partial charge in [0.05, 0.1) is 35.6 Å². The summed E-state index contributed by atoms with van der Waals surface area (Å²) in [5.74, 6) is -2.69. The zero-order valence-corrected chi connectivity index (χ0v) is 19.5. The van der Waals surface area contributed by atoms with Crippen LogP contribution in [0, 0.1) is 35.8 Å². The van der Waals surface area contributed by atoms with Crippen LogP contribution in [-0.4, -0.2) is 47.2 Å². The van der Waals surface area contributed by atoms with E-state index >= 15 is 0 Å². The second kappa shape index (κ2) is 7.11. The molecule has 4 heterocycles. The highest BCUT2D eigenvalue weighted by Crippen LogP contribution is 2.61. The summed E-state index contributed by atoms with van der Waals surface area (Å²) in [5, 5.41) is 14.3. The summed E-state index contributed by atoms with van der Waals surface area (Å²) >= 11 is 0. The smallest absolute Gasteiger partial charge is 0.273 e. The molecule has 1 N–H and O–H groups in total. The van der Waals surface area contributed by atoms with Crippen molar-refractivity contribution in [2.45, 2.75) is 38.3 Å². The summed E-state index contributed by atoms with van der Waals surface area (Å²) in [6, 6.07) is 7.50. The maximum absolute atomic E-state index is 14.1. The van der Waals surface area contributed by atoms with Crippen molar-refractivity contribution in [2.75, 3.05) is 23.9 Å². The molecular weight excluding hydrogens is 452 g/mol. The molecule has 0 radical (unpaired) electrons. The van der Waals surface area contributed by atoms with Gasteiger partial charge in [-0.3, -0.25) is 29.4 Å². The number of nitrogens with zero attached hydrogens (tertiary/aromatic N) is 3. The Morgan fingerprint density at radius 1 is 1.14 bits per heavy atom. The van der Waals surface area contributed by atoms with E-state index in [1.807, 2.05) is 26.0 Å². The fraction of sp³-hybridized carbons (Fsp3) is 0.400. The number of ether oxygens (including phenoxy) is 1. The van der Waals surface area contributed by atoms with Gasteiger partial charge >= 0.3 is 0 Å². The van der Waals surface area contributed by atoms with E-state index in [4.69, 9.17) is 4.74 Å².